The van der Waals surface area contributed by atoms with Gasteiger partial charge in [0, 0.05) is 6.04 Å². The highest BCUT2D eigenvalue weighted by atomic mass is 19.1. The Bertz CT molecular complexity index is 659. The molecule has 0 aromatic heterocycles. The van der Waals surface area contributed by atoms with Crippen molar-refractivity contribution in [2.75, 3.05) is 5.32 Å². The molecule has 0 aliphatic rings. The molecule has 0 bridgehead atoms. The minimum absolute atomic E-state index is 0.211. The molecule has 0 amide bonds. The minimum atomic E-state index is -0.385. The van der Waals surface area contributed by atoms with E-state index in [9.17, 15) is 4.39 Å². The van der Waals surface area contributed by atoms with Gasteiger partial charge in [-0.05, 0) is 50.5 Å². The number of benzene rings is 2. The molecule has 108 valence electrons. The van der Waals surface area contributed by atoms with E-state index >= 15 is 0 Å². The molecule has 0 aliphatic carbocycles. The van der Waals surface area contributed by atoms with Gasteiger partial charge in [0.25, 0.3) is 0 Å². The summed E-state index contributed by atoms with van der Waals surface area (Å²) in [6, 6.07) is 14.9. The summed E-state index contributed by atoms with van der Waals surface area (Å²) in [7, 11) is 0. The largest absolute Gasteiger partial charge is 0.382 e. The van der Waals surface area contributed by atoms with Crippen LogP contribution in [0.3, 0.4) is 0 Å². The van der Waals surface area contributed by atoms with Gasteiger partial charge in [-0.15, -0.1) is 0 Å². The first-order valence-corrected chi connectivity index (χ1v) is 7.10. The third-order valence-electron chi connectivity index (χ3n) is 3.45. The summed E-state index contributed by atoms with van der Waals surface area (Å²) in [6.45, 7) is 4.16. The number of nitriles is 1. The first-order chi connectivity index (χ1) is 10.1. The van der Waals surface area contributed by atoms with Gasteiger partial charge in [-0.3, -0.25) is 0 Å². The van der Waals surface area contributed by atoms with Crippen LogP contribution in [0.5, 0.6) is 0 Å². The lowest BCUT2D eigenvalue weighted by molar-refractivity contribution is 0.627. The van der Waals surface area contributed by atoms with E-state index in [2.05, 4.69) is 43.4 Å². The van der Waals surface area contributed by atoms with E-state index in [1.54, 1.807) is 6.07 Å². The average Bonchev–Trinajstić information content (AvgIpc) is 2.47. The summed E-state index contributed by atoms with van der Waals surface area (Å²) >= 11 is 0. The first kappa shape index (κ1) is 15.1. The molecule has 0 aliphatic heterocycles. The number of aryl methyl sites for hydroxylation is 2. The smallest absolute Gasteiger partial charge is 0.124 e. The van der Waals surface area contributed by atoms with Gasteiger partial charge in [-0.25, -0.2) is 4.39 Å². The van der Waals surface area contributed by atoms with Crippen LogP contribution >= 0.6 is 0 Å². The Balaban J connectivity index is 1.96. The highest BCUT2D eigenvalue weighted by Gasteiger charge is 2.08. The zero-order chi connectivity index (χ0) is 15.2. The van der Waals surface area contributed by atoms with Gasteiger partial charge in [-0.1, -0.05) is 29.8 Å². The summed E-state index contributed by atoms with van der Waals surface area (Å²) in [5.74, 6) is -0.385. The molecule has 0 heterocycles. The molecule has 1 atom stereocenters. The molecule has 0 spiro atoms. The zero-order valence-electron chi connectivity index (χ0n) is 12.4. The quantitative estimate of drug-likeness (QED) is 0.880. The fourth-order valence-electron chi connectivity index (χ4n) is 2.32. The molecule has 3 heteroatoms. The Hall–Kier alpha value is -2.34. The standard InChI is InChI=1S/C18H19FN2/c1-13-4-3-5-15(10-13)7-6-14(2)21-18-9-8-17(19)11-16(18)12-20/h3-5,8-11,14,21H,6-7H2,1-2H3. The van der Waals surface area contributed by atoms with Crippen molar-refractivity contribution in [3.63, 3.8) is 0 Å². The number of hydrogen-bond acceptors (Lipinski definition) is 2. The van der Waals surface area contributed by atoms with Crippen LogP contribution in [-0.4, -0.2) is 6.04 Å². The number of hydrogen-bond donors (Lipinski definition) is 1. The van der Waals surface area contributed by atoms with Crippen molar-refractivity contribution in [3.8, 4) is 6.07 Å². The summed E-state index contributed by atoms with van der Waals surface area (Å²) < 4.78 is 13.1. The van der Waals surface area contributed by atoms with Crippen LogP contribution in [0.25, 0.3) is 0 Å². The second-order valence-electron chi connectivity index (χ2n) is 5.37. The van der Waals surface area contributed by atoms with Crippen molar-refractivity contribution < 1.29 is 4.39 Å². The van der Waals surface area contributed by atoms with Gasteiger partial charge in [0.2, 0.25) is 0 Å². The van der Waals surface area contributed by atoms with Crippen LogP contribution < -0.4 is 5.32 Å². The molecule has 0 saturated heterocycles. The Morgan fingerprint density at radius 1 is 1.24 bits per heavy atom. The average molecular weight is 282 g/mol. The summed E-state index contributed by atoms with van der Waals surface area (Å²) in [6.07, 6.45) is 1.92. The fourth-order valence-corrected chi connectivity index (χ4v) is 2.32. The van der Waals surface area contributed by atoms with E-state index in [0.29, 0.717) is 11.3 Å². The van der Waals surface area contributed by atoms with E-state index in [0.717, 1.165) is 12.8 Å². The monoisotopic (exact) mass is 282 g/mol. The molecular formula is C18H19FN2. The normalized spacial score (nSPS) is 11.7. The van der Waals surface area contributed by atoms with E-state index in [-0.39, 0.29) is 11.9 Å². The van der Waals surface area contributed by atoms with Gasteiger partial charge in [-0.2, -0.15) is 5.26 Å². The highest BCUT2D eigenvalue weighted by molar-refractivity contribution is 5.57. The van der Waals surface area contributed by atoms with E-state index < -0.39 is 0 Å². The third kappa shape index (κ3) is 4.32. The number of rotatable bonds is 5. The maximum Gasteiger partial charge on any atom is 0.124 e. The van der Waals surface area contributed by atoms with Gasteiger partial charge in [0.1, 0.15) is 11.9 Å². The number of nitrogens with zero attached hydrogens (tertiary/aromatic N) is 1. The summed E-state index contributed by atoms with van der Waals surface area (Å²) in [4.78, 5) is 0. The third-order valence-corrected chi connectivity index (χ3v) is 3.45. The molecule has 2 rings (SSSR count). The van der Waals surface area contributed by atoms with Gasteiger partial charge in [0.05, 0.1) is 11.3 Å². The lowest BCUT2D eigenvalue weighted by Crippen LogP contribution is -2.16. The summed E-state index contributed by atoms with van der Waals surface area (Å²) in [5.41, 5.74) is 3.61. The van der Waals surface area contributed by atoms with Crippen LogP contribution in [0, 0.1) is 24.1 Å². The SMILES string of the molecule is Cc1cccc(CCC(C)Nc2ccc(F)cc2C#N)c1. The van der Waals surface area contributed by atoms with Crippen molar-refractivity contribution >= 4 is 5.69 Å². The fraction of sp³-hybridized carbons (Fsp3) is 0.278. The summed E-state index contributed by atoms with van der Waals surface area (Å²) in [5, 5.41) is 12.3. The van der Waals surface area contributed by atoms with Crippen LogP contribution in [0.4, 0.5) is 10.1 Å². The molecule has 0 saturated carbocycles. The van der Waals surface area contributed by atoms with Gasteiger partial charge in [0.15, 0.2) is 0 Å². The lowest BCUT2D eigenvalue weighted by Gasteiger charge is -2.16. The maximum absolute atomic E-state index is 13.1. The Morgan fingerprint density at radius 2 is 2.05 bits per heavy atom. The molecular weight excluding hydrogens is 263 g/mol. The van der Waals surface area contributed by atoms with Crippen molar-refractivity contribution in [1.82, 2.24) is 0 Å². The second-order valence-corrected chi connectivity index (χ2v) is 5.37. The molecule has 2 aromatic carbocycles. The lowest BCUT2D eigenvalue weighted by atomic mass is 10.0. The zero-order valence-corrected chi connectivity index (χ0v) is 12.4. The minimum Gasteiger partial charge on any atom is -0.382 e. The van der Waals surface area contributed by atoms with Crippen LogP contribution in [0.1, 0.15) is 30.0 Å². The van der Waals surface area contributed by atoms with Gasteiger partial charge < -0.3 is 5.32 Å². The Labute approximate surface area is 125 Å². The van der Waals surface area contributed by atoms with E-state index in [4.69, 9.17) is 5.26 Å². The molecule has 1 unspecified atom stereocenters. The predicted octanol–water partition coefficient (Wildman–Crippen LogP) is 4.44. The molecule has 0 radical (unpaired) electrons. The maximum atomic E-state index is 13.1. The molecule has 2 nitrogen and oxygen atoms in total. The number of anilines is 1. The van der Waals surface area contributed by atoms with E-state index in [1.807, 2.05) is 6.07 Å². The van der Waals surface area contributed by atoms with E-state index in [1.165, 1.54) is 23.3 Å². The van der Waals surface area contributed by atoms with Crippen molar-refractivity contribution in [2.45, 2.75) is 32.7 Å². The Kier molecular flexibility index (Phi) is 4.94. The number of halogens is 1. The van der Waals surface area contributed by atoms with Crippen LogP contribution in [0.2, 0.25) is 0 Å². The first-order valence-electron chi connectivity index (χ1n) is 7.10. The van der Waals surface area contributed by atoms with Gasteiger partial charge >= 0.3 is 0 Å². The second kappa shape index (κ2) is 6.90. The molecule has 1 N–H and O–H groups in total. The van der Waals surface area contributed by atoms with Crippen molar-refractivity contribution in [3.05, 3.63) is 65.0 Å². The van der Waals surface area contributed by atoms with Crippen molar-refractivity contribution in [1.29, 1.82) is 5.26 Å². The van der Waals surface area contributed by atoms with Crippen LogP contribution in [0.15, 0.2) is 42.5 Å². The Morgan fingerprint density at radius 3 is 2.76 bits per heavy atom. The molecule has 21 heavy (non-hydrogen) atoms. The highest BCUT2D eigenvalue weighted by Crippen LogP contribution is 2.18. The molecule has 2 aromatic rings. The number of nitrogens with one attached hydrogen (secondary N) is 1. The predicted molar refractivity (Wildman–Crippen MR) is 83.7 cm³/mol. The van der Waals surface area contributed by atoms with Crippen LogP contribution in [-0.2, 0) is 6.42 Å². The molecule has 0 fully saturated rings. The van der Waals surface area contributed by atoms with Crippen molar-refractivity contribution in [2.24, 2.45) is 0 Å². The topological polar surface area (TPSA) is 35.8 Å².